The normalized spacial score (nSPS) is 17.5. The van der Waals surface area contributed by atoms with Gasteiger partial charge in [0.15, 0.2) is 0 Å². The summed E-state index contributed by atoms with van der Waals surface area (Å²) in [7, 11) is 8.24. The molecule has 0 saturated carbocycles. The Morgan fingerprint density at radius 2 is 1.46 bits per heavy atom. The highest BCUT2D eigenvalue weighted by Crippen LogP contribution is 2.55. The number of nitrogen functional groups attached to an aromatic ring is 2. The maximum absolute atomic E-state index is 12.6. The van der Waals surface area contributed by atoms with Crippen LogP contribution >= 0.6 is 0 Å². The van der Waals surface area contributed by atoms with Crippen molar-refractivity contribution in [3.8, 4) is 6.07 Å². The van der Waals surface area contributed by atoms with E-state index in [1.54, 1.807) is 0 Å². The topological polar surface area (TPSA) is 113 Å². The van der Waals surface area contributed by atoms with Crippen molar-refractivity contribution in [1.82, 2.24) is 4.58 Å². The smallest absolute Gasteiger partial charge is 0.270 e. The Labute approximate surface area is 288 Å². The lowest BCUT2D eigenvalue weighted by Crippen LogP contribution is -2.42. The van der Waals surface area contributed by atoms with Gasteiger partial charge in [-0.3, -0.25) is 0 Å². The molecule has 0 amide bonds. The number of aliphatic hydroxyl groups is 1. The monoisotopic (exact) mass is 653 g/mol. The molecule has 9 nitrogen and oxygen atoms in total. The number of hydrogen-bond donors (Lipinski definition) is 3. The van der Waals surface area contributed by atoms with Crippen LogP contribution in [0.4, 0.5) is 28.4 Å². The van der Waals surface area contributed by atoms with Gasteiger partial charge in [0.1, 0.15) is 12.8 Å². The maximum Gasteiger partial charge on any atom is 0.270 e. The Balaban J connectivity index is 1.57. The third-order valence-electron chi connectivity index (χ3n) is 10.7. The minimum atomic E-state index is -0.109. The maximum atomic E-state index is 12.6. The van der Waals surface area contributed by atoms with Crippen molar-refractivity contribution in [2.75, 3.05) is 67.7 Å². The molecule has 2 heterocycles. The second kappa shape index (κ2) is 10.1. The van der Waals surface area contributed by atoms with Crippen LogP contribution in [0.2, 0.25) is 0 Å². The van der Waals surface area contributed by atoms with E-state index in [1.807, 2.05) is 61.6 Å². The first-order chi connectivity index (χ1) is 24.2. The summed E-state index contributed by atoms with van der Waals surface area (Å²) in [6.07, 6.45) is 0. The van der Waals surface area contributed by atoms with Crippen molar-refractivity contribution in [3.05, 3.63) is 117 Å². The lowest BCUT2D eigenvalue weighted by Gasteiger charge is -2.38. The Hall–Kier alpha value is -6.71. The predicted octanol–water partition coefficient (Wildman–Crippen LogP) is 5.67. The summed E-state index contributed by atoms with van der Waals surface area (Å²) in [5.74, 6) is 0.00181. The summed E-state index contributed by atoms with van der Waals surface area (Å²) in [5.41, 5.74) is 19.8. The van der Waals surface area contributed by atoms with Crippen molar-refractivity contribution < 1.29 is 5.11 Å². The molecule has 0 fully saturated rings. The molecule has 0 bridgehead atoms. The highest BCUT2D eigenvalue weighted by Gasteiger charge is 2.39. The van der Waals surface area contributed by atoms with E-state index in [4.69, 9.17) is 18.0 Å². The first kappa shape index (κ1) is 29.4. The van der Waals surface area contributed by atoms with Gasteiger partial charge in [-0.25, -0.2) is 14.7 Å². The average Bonchev–Trinajstić information content (AvgIpc) is 3.10. The molecule has 6 aromatic rings. The third-order valence-corrected chi connectivity index (χ3v) is 10.7. The number of allylic oxidation sites excluding steroid dienone is 3. The average molecular weight is 654 g/mol. The molecule has 9 heteroatoms. The molecule has 0 saturated heterocycles. The fraction of sp³-hybridized carbons (Fsp3) is 0.146. The van der Waals surface area contributed by atoms with Crippen molar-refractivity contribution in [2.45, 2.75) is 0 Å². The number of fused-ring (bicyclic) bond motifs is 4. The van der Waals surface area contributed by atoms with Crippen LogP contribution in [0.5, 0.6) is 0 Å². The summed E-state index contributed by atoms with van der Waals surface area (Å²) in [4.78, 5) is 10.3. The van der Waals surface area contributed by atoms with E-state index in [0.29, 0.717) is 52.2 Å². The molecule has 0 aromatic heterocycles. The molecule has 242 valence electrons. The van der Waals surface area contributed by atoms with Gasteiger partial charge in [-0.05, 0) is 41.1 Å². The molecular formula is C41H33N8O+. The molecule has 1 aliphatic carbocycles. The Morgan fingerprint density at radius 3 is 2.22 bits per heavy atom. The second-order valence-corrected chi connectivity index (χ2v) is 13.5. The Morgan fingerprint density at radius 1 is 0.780 bits per heavy atom. The fourth-order valence-electron chi connectivity index (χ4n) is 8.77. The molecule has 50 heavy (non-hydrogen) atoms. The molecule has 0 spiro atoms. The van der Waals surface area contributed by atoms with Gasteiger partial charge in [0.25, 0.3) is 5.70 Å². The van der Waals surface area contributed by atoms with Crippen LogP contribution in [0.1, 0.15) is 5.56 Å². The largest absolute Gasteiger partial charge is 0.507 e. The highest BCUT2D eigenvalue weighted by molar-refractivity contribution is 6.30. The molecular weight excluding hydrogens is 621 g/mol. The molecule has 9 rings (SSSR count). The Kier molecular flexibility index (Phi) is 5.97. The van der Waals surface area contributed by atoms with Gasteiger partial charge in [0, 0.05) is 87.3 Å². The number of benzene rings is 6. The van der Waals surface area contributed by atoms with Crippen LogP contribution in [-0.2, 0) is 0 Å². The SMILES string of the molecule is [C-]#[N+]/C(C#N)=C1C(c2c3ccccc3c3c4c(ccc(N)c24)N(C)CN3C)=C(O)C/1=c1\c2cccc3c2c(c2cccc(N)c12)=[N+](C)CN3C. The van der Waals surface area contributed by atoms with Crippen LogP contribution < -0.4 is 41.3 Å². The number of nitrogens with two attached hydrogens (primary N) is 2. The zero-order chi connectivity index (χ0) is 34.7. The number of anilines is 5. The van der Waals surface area contributed by atoms with Gasteiger partial charge in [0.05, 0.1) is 41.5 Å². The number of nitriles is 1. The van der Waals surface area contributed by atoms with E-state index >= 15 is 0 Å². The molecule has 0 unspecified atom stereocenters. The number of nitrogens with zero attached hydrogens (tertiary/aromatic N) is 6. The lowest BCUT2D eigenvalue weighted by molar-refractivity contribution is 0.434. The quantitative estimate of drug-likeness (QED) is 0.0690. The summed E-state index contributed by atoms with van der Waals surface area (Å²) in [6, 6.07) is 26.2. The summed E-state index contributed by atoms with van der Waals surface area (Å²) in [6.45, 7) is 9.58. The van der Waals surface area contributed by atoms with E-state index in [0.717, 1.165) is 65.5 Å². The van der Waals surface area contributed by atoms with Crippen molar-refractivity contribution in [3.63, 3.8) is 0 Å². The predicted molar refractivity (Wildman–Crippen MR) is 205 cm³/mol. The number of aliphatic hydroxyl groups excluding tert-OH is 1. The summed E-state index contributed by atoms with van der Waals surface area (Å²) < 4.78 is 2.21. The van der Waals surface area contributed by atoms with E-state index in [2.05, 4.69) is 69.5 Å². The van der Waals surface area contributed by atoms with Crippen LogP contribution in [0.15, 0.2) is 89.8 Å². The van der Waals surface area contributed by atoms with Crippen molar-refractivity contribution in [1.29, 1.82) is 5.26 Å². The summed E-state index contributed by atoms with van der Waals surface area (Å²) in [5, 5.41) is 32.1. The van der Waals surface area contributed by atoms with E-state index in [1.165, 1.54) is 0 Å². The van der Waals surface area contributed by atoms with Crippen LogP contribution in [-0.4, -0.2) is 46.6 Å². The molecule has 3 aliphatic rings. The molecule has 0 radical (unpaired) electrons. The van der Waals surface area contributed by atoms with E-state index < -0.39 is 0 Å². The first-order valence-electron chi connectivity index (χ1n) is 16.4. The van der Waals surface area contributed by atoms with E-state index in [-0.39, 0.29) is 11.5 Å². The van der Waals surface area contributed by atoms with E-state index in [9.17, 15) is 10.4 Å². The first-order valence-corrected chi connectivity index (χ1v) is 16.4. The van der Waals surface area contributed by atoms with Gasteiger partial charge in [-0.2, -0.15) is 0 Å². The van der Waals surface area contributed by atoms with Gasteiger partial charge in [-0.1, -0.05) is 42.5 Å². The Bertz CT molecular complexity index is 2870. The molecule has 2 aliphatic heterocycles. The van der Waals surface area contributed by atoms with Gasteiger partial charge in [-0.15, -0.1) is 0 Å². The lowest BCUT2D eigenvalue weighted by atomic mass is 9.73. The van der Waals surface area contributed by atoms with Crippen LogP contribution in [0.25, 0.3) is 59.1 Å². The van der Waals surface area contributed by atoms with Crippen LogP contribution in [0.3, 0.4) is 0 Å². The van der Waals surface area contributed by atoms with Crippen LogP contribution in [0, 0.1) is 17.9 Å². The van der Waals surface area contributed by atoms with Gasteiger partial charge < -0.3 is 31.3 Å². The number of hydrogen-bond acceptors (Lipinski definition) is 7. The second-order valence-electron chi connectivity index (χ2n) is 13.5. The zero-order valence-corrected chi connectivity index (χ0v) is 28.1. The highest BCUT2D eigenvalue weighted by atomic mass is 16.3. The van der Waals surface area contributed by atoms with Gasteiger partial charge >= 0.3 is 0 Å². The molecule has 0 atom stereocenters. The summed E-state index contributed by atoms with van der Waals surface area (Å²) >= 11 is 0. The van der Waals surface area contributed by atoms with Crippen molar-refractivity contribution >= 4 is 82.7 Å². The molecule has 6 aromatic carbocycles. The standard InChI is InChI=1S/C41H32N8O/c1-45-27(18-42)35-37(32-21-10-6-7-11-22(21)39-36-29(47(3)20-48(39)4)17-16-26(44)34(32)36)41(50)38(35)33-23-12-9-15-28-31(23)40(49(5)19-46(28)2)24-13-8-14-25(43)30(24)33/h6-17H,19-20,43-44H2,2-5H3/p+1/b35-27-. The zero-order valence-electron chi connectivity index (χ0n) is 28.1. The van der Waals surface area contributed by atoms with Gasteiger partial charge in [0.2, 0.25) is 12.0 Å². The third kappa shape index (κ3) is 3.56. The minimum absolute atomic E-state index is 0.00181. The van der Waals surface area contributed by atoms with Crippen molar-refractivity contribution in [2.24, 2.45) is 0 Å². The fourth-order valence-corrected chi connectivity index (χ4v) is 8.77. The number of rotatable bonds is 1. The molecule has 5 N–H and O–H groups in total. The minimum Gasteiger partial charge on any atom is -0.507 e.